The van der Waals surface area contributed by atoms with Crippen LogP contribution < -0.4 is 20.1 Å². The third-order valence-electron chi connectivity index (χ3n) is 3.90. The van der Waals surface area contributed by atoms with E-state index in [2.05, 4.69) is 15.6 Å². The highest BCUT2D eigenvalue weighted by atomic mass is 32.1. The predicted molar refractivity (Wildman–Crippen MR) is 114 cm³/mol. The molecule has 0 bridgehead atoms. The lowest BCUT2D eigenvalue weighted by Gasteiger charge is -2.07. The summed E-state index contributed by atoms with van der Waals surface area (Å²) < 4.78 is 10.6. The van der Waals surface area contributed by atoms with Crippen molar-refractivity contribution in [3.05, 3.63) is 54.1 Å². The lowest BCUT2D eigenvalue weighted by atomic mass is 10.1. The van der Waals surface area contributed by atoms with Crippen LogP contribution in [0.4, 0.5) is 10.1 Å². The van der Waals surface area contributed by atoms with Crippen LogP contribution in [0.2, 0.25) is 0 Å². The molecule has 7 nitrogen and oxygen atoms in total. The minimum Gasteiger partial charge on any atom is -0.497 e. The van der Waals surface area contributed by atoms with Gasteiger partial charge in [0.05, 0.1) is 7.11 Å². The summed E-state index contributed by atoms with van der Waals surface area (Å²) in [6.45, 7) is 3.24. The van der Waals surface area contributed by atoms with Crippen LogP contribution in [-0.2, 0) is 9.59 Å². The van der Waals surface area contributed by atoms with Crippen molar-refractivity contribution >= 4 is 33.3 Å². The van der Waals surface area contributed by atoms with E-state index in [1.54, 1.807) is 31.4 Å². The molecule has 0 saturated heterocycles. The minimum absolute atomic E-state index is 0.178. The van der Waals surface area contributed by atoms with Crippen LogP contribution >= 0.6 is 11.3 Å². The number of thiazole rings is 1. The second-order valence-electron chi connectivity index (χ2n) is 6.26. The molecule has 0 spiro atoms. The van der Waals surface area contributed by atoms with E-state index in [1.165, 1.54) is 18.3 Å². The SMILES string of the molecule is COc1cccc(OCC(=O)Nc2nc(-c3ccc(C)cc3)c(NC(C)=O)s2)c1. The fraction of sp³-hybridized carbons (Fsp3) is 0.190. The van der Waals surface area contributed by atoms with E-state index in [0.717, 1.165) is 11.1 Å². The van der Waals surface area contributed by atoms with Crippen molar-refractivity contribution in [2.45, 2.75) is 13.8 Å². The summed E-state index contributed by atoms with van der Waals surface area (Å²) in [7, 11) is 1.56. The van der Waals surface area contributed by atoms with E-state index in [1.807, 2.05) is 31.2 Å². The monoisotopic (exact) mass is 411 g/mol. The lowest BCUT2D eigenvalue weighted by Crippen LogP contribution is -2.20. The van der Waals surface area contributed by atoms with Crippen molar-refractivity contribution in [1.82, 2.24) is 4.98 Å². The van der Waals surface area contributed by atoms with Gasteiger partial charge >= 0.3 is 0 Å². The topological polar surface area (TPSA) is 89.6 Å². The van der Waals surface area contributed by atoms with Gasteiger partial charge in [-0.1, -0.05) is 47.2 Å². The number of carbonyl (C=O) groups excluding carboxylic acids is 2. The maximum Gasteiger partial charge on any atom is 0.264 e. The number of nitrogens with one attached hydrogen (secondary N) is 2. The number of nitrogens with zero attached hydrogens (tertiary/aromatic N) is 1. The van der Waals surface area contributed by atoms with Crippen molar-refractivity contribution in [3.63, 3.8) is 0 Å². The van der Waals surface area contributed by atoms with Gasteiger partial charge in [0, 0.05) is 18.6 Å². The smallest absolute Gasteiger partial charge is 0.264 e. The first-order chi connectivity index (χ1) is 13.9. The van der Waals surface area contributed by atoms with Crippen molar-refractivity contribution in [1.29, 1.82) is 0 Å². The van der Waals surface area contributed by atoms with Crippen molar-refractivity contribution in [2.24, 2.45) is 0 Å². The quantitative estimate of drug-likeness (QED) is 0.611. The number of rotatable bonds is 7. The van der Waals surface area contributed by atoms with Gasteiger partial charge in [0.25, 0.3) is 5.91 Å². The molecule has 150 valence electrons. The summed E-state index contributed by atoms with van der Waals surface area (Å²) in [4.78, 5) is 28.3. The van der Waals surface area contributed by atoms with Gasteiger partial charge in [-0.2, -0.15) is 0 Å². The zero-order valence-corrected chi connectivity index (χ0v) is 17.1. The molecule has 2 aromatic carbocycles. The minimum atomic E-state index is -0.355. The van der Waals surface area contributed by atoms with Crippen molar-refractivity contribution < 1.29 is 19.1 Å². The molecule has 3 rings (SSSR count). The number of amides is 2. The Morgan fingerprint density at radius 3 is 2.48 bits per heavy atom. The van der Waals surface area contributed by atoms with E-state index in [-0.39, 0.29) is 18.4 Å². The number of aryl methyl sites for hydroxylation is 1. The number of aromatic nitrogens is 1. The highest BCUT2D eigenvalue weighted by molar-refractivity contribution is 7.20. The molecular formula is C21H21N3O4S. The first-order valence-electron chi connectivity index (χ1n) is 8.87. The zero-order valence-electron chi connectivity index (χ0n) is 16.3. The fourth-order valence-electron chi connectivity index (χ4n) is 2.52. The van der Waals surface area contributed by atoms with Crippen molar-refractivity contribution in [3.8, 4) is 22.8 Å². The van der Waals surface area contributed by atoms with Crippen LogP contribution in [0.5, 0.6) is 11.5 Å². The van der Waals surface area contributed by atoms with Gasteiger partial charge in [0.15, 0.2) is 11.7 Å². The Morgan fingerprint density at radius 2 is 1.79 bits per heavy atom. The number of methoxy groups -OCH3 is 1. The lowest BCUT2D eigenvalue weighted by molar-refractivity contribution is -0.118. The molecule has 29 heavy (non-hydrogen) atoms. The second kappa shape index (κ2) is 9.20. The zero-order chi connectivity index (χ0) is 20.8. The average molecular weight is 411 g/mol. The van der Waals surface area contributed by atoms with Crippen LogP contribution in [0, 0.1) is 6.92 Å². The summed E-state index contributed by atoms with van der Waals surface area (Å²) in [6.07, 6.45) is 0. The standard InChI is InChI=1S/C21H21N3O4S/c1-13-7-9-15(10-8-13)19-20(22-14(2)25)29-21(24-19)23-18(26)12-28-17-6-4-5-16(11-17)27-3/h4-11H,12H2,1-3H3,(H,22,25)(H,23,24,26). The number of benzene rings is 2. The van der Waals surface area contributed by atoms with Gasteiger partial charge in [-0.3, -0.25) is 14.9 Å². The van der Waals surface area contributed by atoms with Crippen molar-refractivity contribution in [2.75, 3.05) is 24.4 Å². The third kappa shape index (κ3) is 5.55. The van der Waals surface area contributed by atoms with E-state index in [4.69, 9.17) is 9.47 Å². The molecule has 2 amide bonds. The summed E-state index contributed by atoms with van der Waals surface area (Å²) in [6, 6.07) is 14.8. The Labute approximate surface area is 172 Å². The molecule has 3 aromatic rings. The Hall–Kier alpha value is -3.39. The molecule has 0 fully saturated rings. The molecule has 0 aliphatic carbocycles. The molecule has 0 atom stereocenters. The van der Waals surface area contributed by atoms with E-state index < -0.39 is 0 Å². The Kier molecular flexibility index (Phi) is 6.46. The largest absolute Gasteiger partial charge is 0.497 e. The molecule has 0 unspecified atom stereocenters. The van der Waals surface area contributed by atoms with Gasteiger partial charge in [-0.15, -0.1) is 0 Å². The molecule has 0 aliphatic heterocycles. The molecule has 0 radical (unpaired) electrons. The molecule has 0 aliphatic rings. The van der Waals surface area contributed by atoms with Gasteiger partial charge in [-0.25, -0.2) is 4.98 Å². The van der Waals surface area contributed by atoms with E-state index in [9.17, 15) is 9.59 Å². The number of ether oxygens (including phenoxy) is 2. The Morgan fingerprint density at radius 1 is 1.07 bits per heavy atom. The molecule has 1 aromatic heterocycles. The summed E-state index contributed by atoms with van der Waals surface area (Å²) in [5.74, 6) is 0.607. The third-order valence-corrected chi connectivity index (χ3v) is 4.79. The van der Waals surface area contributed by atoms with Gasteiger partial charge in [0.1, 0.15) is 22.2 Å². The highest BCUT2D eigenvalue weighted by Crippen LogP contribution is 2.36. The number of anilines is 2. The molecular weight excluding hydrogens is 390 g/mol. The maximum atomic E-state index is 12.3. The normalized spacial score (nSPS) is 10.3. The molecule has 0 saturated carbocycles. The highest BCUT2D eigenvalue weighted by Gasteiger charge is 2.16. The second-order valence-corrected chi connectivity index (χ2v) is 7.26. The first-order valence-corrected chi connectivity index (χ1v) is 9.68. The van der Waals surface area contributed by atoms with Crippen LogP contribution in [-0.4, -0.2) is 30.5 Å². The van der Waals surface area contributed by atoms with Crippen LogP contribution in [0.15, 0.2) is 48.5 Å². The average Bonchev–Trinajstić information content (AvgIpc) is 3.08. The number of hydrogen-bond acceptors (Lipinski definition) is 6. The fourth-order valence-corrected chi connectivity index (χ4v) is 3.47. The maximum absolute atomic E-state index is 12.3. The molecule has 8 heteroatoms. The Bertz CT molecular complexity index is 1020. The van der Waals surface area contributed by atoms with E-state index >= 15 is 0 Å². The van der Waals surface area contributed by atoms with Gasteiger partial charge < -0.3 is 14.8 Å². The summed E-state index contributed by atoms with van der Waals surface area (Å²) in [5, 5.41) is 6.44. The summed E-state index contributed by atoms with van der Waals surface area (Å²) >= 11 is 1.19. The summed E-state index contributed by atoms with van der Waals surface area (Å²) in [5.41, 5.74) is 2.58. The van der Waals surface area contributed by atoms with Crippen LogP contribution in [0.25, 0.3) is 11.3 Å². The first kappa shape index (κ1) is 20.3. The number of hydrogen-bond donors (Lipinski definition) is 2. The van der Waals surface area contributed by atoms with Crippen LogP contribution in [0.1, 0.15) is 12.5 Å². The number of carbonyl (C=O) groups is 2. The van der Waals surface area contributed by atoms with Gasteiger partial charge in [-0.05, 0) is 19.1 Å². The predicted octanol–water partition coefficient (Wildman–Crippen LogP) is 4.10. The van der Waals surface area contributed by atoms with Gasteiger partial charge in [0.2, 0.25) is 5.91 Å². The molecule has 2 N–H and O–H groups in total. The molecule has 1 heterocycles. The van der Waals surface area contributed by atoms with E-state index in [0.29, 0.717) is 27.3 Å². The Balaban J connectivity index is 1.71. The van der Waals surface area contributed by atoms with Crippen LogP contribution in [0.3, 0.4) is 0 Å².